The summed E-state index contributed by atoms with van der Waals surface area (Å²) in [6.07, 6.45) is -0.156. The van der Waals surface area contributed by atoms with Crippen molar-refractivity contribution in [2.45, 2.75) is 0 Å². The van der Waals surface area contributed by atoms with Crippen molar-refractivity contribution in [3.05, 3.63) is 58.1 Å². The number of para-hydroxylation sites is 2. The van der Waals surface area contributed by atoms with Gasteiger partial charge in [-0.1, -0.05) is 12.1 Å². The van der Waals surface area contributed by atoms with Crippen LogP contribution in [0.2, 0.25) is 0 Å². The van der Waals surface area contributed by atoms with Crippen LogP contribution >= 0.6 is 0 Å². The molecule has 0 saturated carbocycles. The lowest BCUT2D eigenvalue weighted by Crippen LogP contribution is -2.02. The first-order chi connectivity index (χ1) is 11.1. The highest BCUT2D eigenvalue weighted by Gasteiger charge is 2.21. The average molecular weight is 314 g/mol. The van der Waals surface area contributed by atoms with Gasteiger partial charge in [-0.2, -0.15) is 4.98 Å². The number of nitrogens with zero attached hydrogens (tertiary/aromatic N) is 2. The molecular weight excluding hydrogens is 304 g/mol. The minimum Gasteiger partial charge on any atom is -0.465 e. The molecule has 0 radical (unpaired) electrons. The molecular formula is C15H10N2O6. The molecule has 0 atom stereocenters. The average Bonchev–Trinajstić information content (AvgIpc) is 2.96. The predicted octanol–water partition coefficient (Wildman–Crippen LogP) is 3.31. The summed E-state index contributed by atoms with van der Waals surface area (Å²) in [7, 11) is 1.21. The Labute approximate surface area is 129 Å². The molecule has 1 aromatic heterocycles. The van der Waals surface area contributed by atoms with E-state index in [1.165, 1.54) is 19.2 Å². The molecule has 0 bridgehead atoms. The molecule has 0 saturated heterocycles. The summed E-state index contributed by atoms with van der Waals surface area (Å²) in [6.45, 7) is 0. The Morgan fingerprint density at radius 3 is 2.74 bits per heavy atom. The Balaban J connectivity index is 2.02. The van der Waals surface area contributed by atoms with Crippen molar-refractivity contribution >= 4 is 22.8 Å². The fourth-order valence-electron chi connectivity index (χ4n) is 1.98. The van der Waals surface area contributed by atoms with Crippen molar-refractivity contribution in [2.75, 3.05) is 7.11 Å². The number of benzene rings is 2. The molecule has 0 fully saturated rings. The molecule has 116 valence electrons. The second kappa shape index (κ2) is 5.76. The van der Waals surface area contributed by atoms with E-state index >= 15 is 0 Å². The van der Waals surface area contributed by atoms with Crippen LogP contribution < -0.4 is 4.74 Å². The maximum Gasteiger partial charge on any atom is 0.400 e. The smallest absolute Gasteiger partial charge is 0.400 e. The van der Waals surface area contributed by atoms with Crippen molar-refractivity contribution < 1.29 is 23.6 Å². The summed E-state index contributed by atoms with van der Waals surface area (Å²) < 4.78 is 15.3. The number of carbonyl (C=O) groups is 1. The Morgan fingerprint density at radius 1 is 1.26 bits per heavy atom. The molecule has 8 heteroatoms. The fourth-order valence-corrected chi connectivity index (χ4v) is 1.98. The summed E-state index contributed by atoms with van der Waals surface area (Å²) in [6, 6.07) is 10.6. The number of rotatable bonds is 4. The van der Waals surface area contributed by atoms with Gasteiger partial charge >= 0.3 is 17.7 Å². The topological polar surface area (TPSA) is 105 Å². The molecule has 0 aliphatic carbocycles. The van der Waals surface area contributed by atoms with Crippen LogP contribution in [0.25, 0.3) is 11.1 Å². The lowest BCUT2D eigenvalue weighted by Gasteiger charge is -2.04. The van der Waals surface area contributed by atoms with Crippen molar-refractivity contribution in [3.8, 4) is 11.8 Å². The van der Waals surface area contributed by atoms with Gasteiger partial charge in [0.15, 0.2) is 5.58 Å². The van der Waals surface area contributed by atoms with Gasteiger partial charge in [-0.3, -0.25) is 10.1 Å². The van der Waals surface area contributed by atoms with E-state index in [0.29, 0.717) is 11.1 Å². The largest absolute Gasteiger partial charge is 0.465 e. The molecule has 2 aromatic carbocycles. The normalized spacial score (nSPS) is 10.5. The van der Waals surface area contributed by atoms with Crippen LogP contribution in [0.5, 0.6) is 11.8 Å². The molecule has 23 heavy (non-hydrogen) atoms. The summed E-state index contributed by atoms with van der Waals surface area (Å²) in [5, 5.41) is 11.1. The Hall–Kier alpha value is -3.42. The van der Waals surface area contributed by atoms with Gasteiger partial charge in [0.05, 0.1) is 17.6 Å². The number of nitro benzene ring substituents is 1. The Morgan fingerprint density at radius 2 is 2.04 bits per heavy atom. The molecule has 0 amide bonds. The second-order valence-electron chi connectivity index (χ2n) is 4.48. The number of ether oxygens (including phenoxy) is 2. The maximum atomic E-state index is 11.6. The SMILES string of the molecule is COC(=O)c1ccc([N+](=O)[O-])c(Oc2nc3ccccc3o2)c1. The zero-order chi connectivity index (χ0) is 16.4. The number of carbonyl (C=O) groups excluding carboxylic acids is 1. The summed E-state index contributed by atoms with van der Waals surface area (Å²) in [4.78, 5) is 26.1. The molecule has 0 spiro atoms. The third-order valence-electron chi connectivity index (χ3n) is 3.05. The molecule has 0 N–H and O–H groups in total. The number of esters is 1. The van der Waals surface area contributed by atoms with Crippen molar-refractivity contribution in [1.82, 2.24) is 4.98 Å². The summed E-state index contributed by atoms with van der Waals surface area (Å²) >= 11 is 0. The standard InChI is InChI=1S/C15H10N2O6/c1-21-14(18)9-6-7-11(17(19)20)13(8-9)23-15-16-10-4-2-3-5-12(10)22-15/h2-8H,1H3. The second-order valence-corrected chi connectivity index (χ2v) is 4.48. The van der Waals surface area contributed by atoms with E-state index < -0.39 is 10.9 Å². The van der Waals surface area contributed by atoms with Gasteiger partial charge in [0.2, 0.25) is 5.75 Å². The zero-order valence-electron chi connectivity index (χ0n) is 11.9. The highest BCUT2D eigenvalue weighted by Crippen LogP contribution is 2.33. The van der Waals surface area contributed by atoms with Gasteiger partial charge in [0.25, 0.3) is 0 Å². The third-order valence-corrected chi connectivity index (χ3v) is 3.05. The molecule has 0 aliphatic rings. The van der Waals surface area contributed by atoms with E-state index in [9.17, 15) is 14.9 Å². The van der Waals surface area contributed by atoms with Crippen molar-refractivity contribution in [1.29, 1.82) is 0 Å². The van der Waals surface area contributed by atoms with Crippen LogP contribution in [-0.2, 0) is 4.74 Å². The lowest BCUT2D eigenvalue weighted by molar-refractivity contribution is -0.385. The van der Waals surface area contributed by atoms with E-state index in [4.69, 9.17) is 9.15 Å². The molecule has 8 nitrogen and oxygen atoms in total. The predicted molar refractivity (Wildman–Crippen MR) is 78.5 cm³/mol. The molecule has 0 aliphatic heterocycles. The van der Waals surface area contributed by atoms with Gasteiger partial charge in [-0.15, -0.1) is 0 Å². The van der Waals surface area contributed by atoms with E-state index in [2.05, 4.69) is 9.72 Å². The minimum atomic E-state index is -0.637. The first kappa shape index (κ1) is 14.5. The monoisotopic (exact) mass is 314 g/mol. The van der Waals surface area contributed by atoms with E-state index in [-0.39, 0.29) is 23.1 Å². The van der Waals surface area contributed by atoms with E-state index in [1.54, 1.807) is 24.3 Å². The number of methoxy groups -OCH3 is 1. The Kier molecular flexibility index (Phi) is 3.63. The Bertz CT molecular complexity index is 869. The lowest BCUT2D eigenvalue weighted by atomic mass is 10.2. The number of oxazole rings is 1. The zero-order valence-corrected chi connectivity index (χ0v) is 11.9. The fraction of sp³-hybridized carbons (Fsp3) is 0.0667. The van der Waals surface area contributed by atoms with Gasteiger partial charge in [0, 0.05) is 12.1 Å². The molecule has 0 unspecified atom stereocenters. The molecule has 1 heterocycles. The van der Waals surface area contributed by atoms with Crippen LogP contribution in [0.1, 0.15) is 10.4 Å². The number of hydrogen-bond acceptors (Lipinski definition) is 7. The first-order valence-corrected chi connectivity index (χ1v) is 6.48. The molecule has 3 rings (SSSR count). The van der Waals surface area contributed by atoms with Gasteiger partial charge in [0.1, 0.15) is 5.52 Å². The van der Waals surface area contributed by atoms with Crippen LogP contribution in [0.3, 0.4) is 0 Å². The quantitative estimate of drug-likeness (QED) is 0.413. The highest BCUT2D eigenvalue weighted by molar-refractivity contribution is 5.90. The summed E-state index contributed by atoms with van der Waals surface area (Å²) in [5.41, 5.74) is 0.827. The maximum absolute atomic E-state index is 11.6. The summed E-state index contributed by atoms with van der Waals surface area (Å²) in [5.74, 6) is -0.799. The van der Waals surface area contributed by atoms with Crippen LogP contribution in [0.15, 0.2) is 46.9 Å². The van der Waals surface area contributed by atoms with E-state index in [1.807, 2.05) is 0 Å². The number of nitro groups is 1. The van der Waals surface area contributed by atoms with Gasteiger partial charge < -0.3 is 13.9 Å². The molecule has 3 aromatic rings. The first-order valence-electron chi connectivity index (χ1n) is 6.48. The van der Waals surface area contributed by atoms with Crippen LogP contribution in [0.4, 0.5) is 5.69 Å². The van der Waals surface area contributed by atoms with Crippen LogP contribution in [0, 0.1) is 10.1 Å². The number of fused-ring (bicyclic) bond motifs is 1. The van der Waals surface area contributed by atoms with E-state index in [0.717, 1.165) is 6.07 Å². The van der Waals surface area contributed by atoms with Crippen molar-refractivity contribution in [3.63, 3.8) is 0 Å². The minimum absolute atomic E-state index is 0.115. The van der Waals surface area contributed by atoms with Crippen LogP contribution in [-0.4, -0.2) is 23.0 Å². The van der Waals surface area contributed by atoms with Gasteiger partial charge in [-0.25, -0.2) is 4.79 Å². The third kappa shape index (κ3) is 2.82. The number of hydrogen-bond donors (Lipinski definition) is 0. The highest BCUT2D eigenvalue weighted by atomic mass is 16.6. The number of aromatic nitrogens is 1. The van der Waals surface area contributed by atoms with Crippen molar-refractivity contribution in [2.24, 2.45) is 0 Å². The van der Waals surface area contributed by atoms with Gasteiger partial charge in [-0.05, 0) is 18.2 Å².